The van der Waals surface area contributed by atoms with E-state index in [1.807, 2.05) is 36.4 Å². The molecule has 1 fully saturated rings. The maximum atomic E-state index is 6.29. The summed E-state index contributed by atoms with van der Waals surface area (Å²) in [6, 6.07) is 20.5. The molecule has 0 saturated carbocycles. The lowest BCUT2D eigenvalue weighted by molar-refractivity contribution is 0.0126. The van der Waals surface area contributed by atoms with Crippen LogP contribution < -0.4 is 0 Å². The fourth-order valence-electron chi connectivity index (χ4n) is 2.97. The molecule has 20 heavy (non-hydrogen) atoms. The van der Waals surface area contributed by atoms with E-state index < -0.39 is 0 Å². The van der Waals surface area contributed by atoms with Crippen LogP contribution in [0, 0.1) is 5.92 Å². The molecule has 2 aromatic rings. The summed E-state index contributed by atoms with van der Waals surface area (Å²) in [6.45, 7) is 0.609. The summed E-state index contributed by atoms with van der Waals surface area (Å²) in [5.41, 5.74) is 3.35. The van der Waals surface area contributed by atoms with Crippen molar-refractivity contribution in [3.05, 3.63) is 71.8 Å². The van der Waals surface area contributed by atoms with Crippen LogP contribution in [0.2, 0.25) is 0 Å². The predicted octanol–water partition coefficient (Wildman–Crippen LogP) is 3.50. The lowest BCUT2D eigenvalue weighted by Crippen LogP contribution is -2.14. The Morgan fingerprint density at radius 1 is 0.850 bits per heavy atom. The van der Waals surface area contributed by atoms with Crippen molar-refractivity contribution in [3.8, 4) is 0 Å². The molecule has 100 valence electrons. The maximum absolute atomic E-state index is 6.29. The summed E-state index contributed by atoms with van der Waals surface area (Å²) in [7, 11) is 0. The number of hydrogen-bond donors (Lipinski definition) is 0. The van der Waals surface area contributed by atoms with Gasteiger partial charge in [-0.15, -0.1) is 0 Å². The van der Waals surface area contributed by atoms with Gasteiger partial charge in [0.1, 0.15) is 18.4 Å². The average molecular weight is 265 g/mol. The van der Waals surface area contributed by atoms with Crippen LogP contribution in [0.15, 0.2) is 65.8 Å². The van der Waals surface area contributed by atoms with E-state index >= 15 is 0 Å². The summed E-state index contributed by atoms with van der Waals surface area (Å²) in [4.78, 5) is 5.32. The van der Waals surface area contributed by atoms with Crippen LogP contribution in [-0.2, 0) is 9.57 Å². The van der Waals surface area contributed by atoms with Gasteiger partial charge < -0.3 is 9.57 Å². The van der Waals surface area contributed by atoms with Gasteiger partial charge in [0.25, 0.3) is 0 Å². The van der Waals surface area contributed by atoms with E-state index in [1.165, 1.54) is 5.56 Å². The van der Waals surface area contributed by atoms with Gasteiger partial charge in [-0.2, -0.15) is 0 Å². The second-order valence-electron chi connectivity index (χ2n) is 5.18. The van der Waals surface area contributed by atoms with E-state index in [2.05, 4.69) is 29.4 Å². The van der Waals surface area contributed by atoms with Gasteiger partial charge in [-0.25, -0.2) is 0 Å². The molecular weight excluding hydrogens is 250 g/mol. The van der Waals surface area contributed by atoms with Crippen molar-refractivity contribution in [2.24, 2.45) is 11.1 Å². The zero-order valence-electron chi connectivity index (χ0n) is 11.0. The number of benzene rings is 2. The van der Waals surface area contributed by atoms with Crippen LogP contribution in [-0.4, -0.2) is 12.3 Å². The number of ether oxygens (including phenoxy) is 1. The zero-order valence-corrected chi connectivity index (χ0v) is 11.0. The molecule has 0 unspecified atom stereocenters. The topological polar surface area (TPSA) is 30.8 Å². The summed E-state index contributed by atoms with van der Waals surface area (Å²) >= 11 is 0. The minimum absolute atomic E-state index is 0.0302. The standard InChI is InChI=1S/C17H15NO2/c1-3-7-12(8-4-1)16-14-11-19-18-15(14)17(20-16)13-9-5-2-6-10-13/h1-10,14,16-17H,11H2/t14-,16+,17-/m0/s1. The molecule has 3 heteroatoms. The van der Waals surface area contributed by atoms with E-state index in [1.54, 1.807) is 0 Å². The molecule has 0 amide bonds. The summed E-state index contributed by atoms with van der Waals surface area (Å²) in [5, 5.41) is 4.22. The van der Waals surface area contributed by atoms with Gasteiger partial charge in [0, 0.05) is 0 Å². The Hall–Kier alpha value is -2.13. The summed E-state index contributed by atoms with van der Waals surface area (Å²) in [5.74, 6) is 0.225. The number of hydrogen-bond acceptors (Lipinski definition) is 3. The zero-order chi connectivity index (χ0) is 13.4. The first-order valence-electron chi connectivity index (χ1n) is 6.88. The van der Waals surface area contributed by atoms with Gasteiger partial charge in [-0.05, 0) is 11.1 Å². The van der Waals surface area contributed by atoms with Crippen LogP contribution >= 0.6 is 0 Å². The first-order chi connectivity index (χ1) is 9.93. The van der Waals surface area contributed by atoms with Crippen LogP contribution in [0.4, 0.5) is 0 Å². The van der Waals surface area contributed by atoms with Crippen molar-refractivity contribution in [2.75, 3.05) is 6.61 Å². The fraction of sp³-hybridized carbons (Fsp3) is 0.235. The molecule has 3 atom stereocenters. The molecule has 2 aromatic carbocycles. The minimum Gasteiger partial charge on any atom is -0.395 e. The maximum Gasteiger partial charge on any atom is 0.128 e. The lowest BCUT2D eigenvalue weighted by Gasteiger charge is -2.16. The van der Waals surface area contributed by atoms with Crippen molar-refractivity contribution in [2.45, 2.75) is 12.2 Å². The Labute approximate surface area is 117 Å². The number of fused-ring (bicyclic) bond motifs is 1. The van der Waals surface area contributed by atoms with Crippen LogP contribution in [0.3, 0.4) is 0 Å². The van der Waals surface area contributed by atoms with Crippen molar-refractivity contribution in [3.63, 3.8) is 0 Å². The van der Waals surface area contributed by atoms with Crippen LogP contribution in [0.5, 0.6) is 0 Å². The Morgan fingerprint density at radius 2 is 1.50 bits per heavy atom. The molecule has 2 heterocycles. The van der Waals surface area contributed by atoms with Gasteiger partial charge in [-0.3, -0.25) is 0 Å². The first-order valence-corrected chi connectivity index (χ1v) is 6.88. The third-order valence-electron chi connectivity index (χ3n) is 3.95. The molecule has 0 radical (unpaired) electrons. The summed E-state index contributed by atoms with van der Waals surface area (Å²) in [6.07, 6.45) is -0.0587. The third-order valence-corrected chi connectivity index (χ3v) is 3.95. The molecule has 2 aliphatic rings. The smallest absolute Gasteiger partial charge is 0.128 e. The van der Waals surface area contributed by atoms with Crippen LogP contribution in [0.1, 0.15) is 23.3 Å². The normalized spacial score (nSPS) is 27.8. The predicted molar refractivity (Wildman–Crippen MR) is 76.3 cm³/mol. The van der Waals surface area contributed by atoms with Gasteiger partial charge in [0.05, 0.1) is 12.0 Å². The Morgan fingerprint density at radius 3 is 2.20 bits per heavy atom. The molecular formula is C17H15NO2. The van der Waals surface area contributed by atoms with Crippen LogP contribution in [0.25, 0.3) is 0 Å². The average Bonchev–Trinajstić information content (AvgIpc) is 3.11. The highest BCUT2D eigenvalue weighted by atomic mass is 16.6. The molecule has 2 aliphatic heterocycles. The Balaban J connectivity index is 1.71. The van der Waals surface area contributed by atoms with E-state index in [-0.39, 0.29) is 18.1 Å². The Bertz CT molecular complexity index is 624. The highest BCUT2D eigenvalue weighted by molar-refractivity contribution is 5.94. The van der Waals surface area contributed by atoms with Gasteiger partial charge in [-0.1, -0.05) is 65.8 Å². The SMILES string of the molecule is c1ccc([C@@H]2O[C@H](c3ccccc3)[C@H]3CON=C23)cc1. The second-order valence-corrected chi connectivity index (χ2v) is 5.18. The third kappa shape index (κ3) is 1.82. The molecule has 0 N–H and O–H groups in total. The number of oxime groups is 1. The highest BCUT2D eigenvalue weighted by Gasteiger charge is 2.46. The van der Waals surface area contributed by atoms with Gasteiger partial charge in [0.15, 0.2) is 0 Å². The van der Waals surface area contributed by atoms with E-state index in [9.17, 15) is 0 Å². The van der Waals surface area contributed by atoms with Gasteiger partial charge >= 0.3 is 0 Å². The first kappa shape index (κ1) is 11.7. The molecule has 0 aliphatic carbocycles. The van der Waals surface area contributed by atoms with E-state index in [0.29, 0.717) is 6.61 Å². The van der Waals surface area contributed by atoms with Gasteiger partial charge in [0.2, 0.25) is 0 Å². The minimum atomic E-state index is -0.0890. The van der Waals surface area contributed by atoms with E-state index in [0.717, 1.165) is 11.3 Å². The number of rotatable bonds is 2. The second kappa shape index (κ2) is 4.76. The lowest BCUT2D eigenvalue weighted by atomic mass is 9.92. The largest absolute Gasteiger partial charge is 0.395 e. The summed E-state index contributed by atoms with van der Waals surface area (Å²) < 4.78 is 6.29. The van der Waals surface area contributed by atoms with Crippen molar-refractivity contribution >= 4 is 5.71 Å². The molecule has 1 saturated heterocycles. The quantitative estimate of drug-likeness (QED) is 0.832. The molecule has 4 rings (SSSR count). The van der Waals surface area contributed by atoms with E-state index in [4.69, 9.17) is 9.57 Å². The monoisotopic (exact) mass is 265 g/mol. The molecule has 0 bridgehead atoms. The van der Waals surface area contributed by atoms with Crippen molar-refractivity contribution in [1.29, 1.82) is 0 Å². The van der Waals surface area contributed by atoms with Crippen molar-refractivity contribution in [1.82, 2.24) is 0 Å². The Kier molecular flexibility index (Phi) is 2.78. The highest BCUT2D eigenvalue weighted by Crippen LogP contribution is 2.45. The number of nitrogens with zero attached hydrogens (tertiary/aromatic N) is 1. The molecule has 3 nitrogen and oxygen atoms in total. The molecule has 0 spiro atoms. The molecule has 0 aromatic heterocycles. The fourth-order valence-corrected chi connectivity index (χ4v) is 2.97. The van der Waals surface area contributed by atoms with Crippen molar-refractivity contribution < 1.29 is 9.57 Å².